The third-order valence-electron chi connectivity index (χ3n) is 5.01. The van der Waals surface area contributed by atoms with Crippen LogP contribution in [0.15, 0.2) is 37.2 Å². The lowest BCUT2D eigenvalue weighted by atomic mass is 9.93. The maximum absolute atomic E-state index is 13.9. The van der Waals surface area contributed by atoms with Crippen molar-refractivity contribution < 1.29 is 9.13 Å². The number of imidazole rings is 1. The Kier molecular flexibility index (Phi) is 5.50. The van der Waals surface area contributed by atoms with Crippen LogP contribution >= 0.6 is 11.6 Å². The van der Waals surface area contributed by atoms with Gasteiger partial charge in [0.2, 0.25) is 0 Å². The molecule has 0 radical (unpaired) electrons. The van der Waals surface area contributed by atoms with Crippen molar-refractivity contribution in [2.75, 3.05) is 12.4 Å². The van der Waals surface area contributed by atoms with Crippen LogP contribution in [0.2, 0.25) is 5.02 Å². The number of aromatic nitrogens is 5. The van der Waals surface area contributed by atoms with Crippen molar-refractivity contribution in [2.24, 2.45) is 0 Å². The van der Waals surface area contributed by atoms with E-state index >= 15 is 0 Å². The zero-order chi connectivity index (χ0) is 21.3. The molecule has 9 heteroatoms. The van der Waals surface area contributed by atoms with Gasteiger partial charge in [0.25, 0.3) is 0 Å². The predicted octanol–water partition coefficient (Wildman–Crippen LogP) is 5.09. The first kappa shape index (κ1) is 20.0. The number of fused-ring (bicyclic) bond motifs is 1. The van der Waals surface area contributed by atoms with Gasteiger partial charge in [-0.1, -0.05) is 18.5 Å². The van der Waals surface area contributed by atoms with Gasteiger partial charge in [0.1, 0.15) is 23.4 Å². The maximum atomic E-state index is 13.9. The van der Waals surface area contributed by atoms with Gasteiger partial charge in [-0.05, 0) is 31.0 Å². The van der Waals surface area contributed by atoms with Crippen LogP contribution in [0.3, 0.4) is 0 Å². The molecule has 0 amide bonds. The quantitative estimate of drug-likeness (QED) is 0.446. The molecule has 0 saturated heterocycles. The van der Waals surface area contributed by atoms with Gasteiger partial charge in [0, 0.05) is 27.9 Å². The van der Waals surface area contributed by atoms with Crippen molar-refractivity contribution in [3.63, 3.8) is 0 Å². The second kappa shape index (κ2) is 8.23. The first-order chi connectivity index (χ1) is 14.5. The number of ether oxygens (including phenoxy) is 1. The number of halogens is 2. The third kappa shape index (κ3) is 3.54. The van der Waals surface area contributed by atoms with E-state index in [-0.39, 0.29) is 6.04 Å². The molecule has 0 bridgehead atoms. The van der Waals surface area contributed by atoms with Crippen LogP contribution in [0.25, 0.3) is 22.3 Å². The molecule has 154 valence electrons. The molecular formula is C21H20ClFN6O. The van der Waals surface area contributed by atoms with E-state index in [1.54, 1.807) is 19.6 Å². The Morgan fingerprint density at radius 3 is 2.80 bits per heavy atom. The molecule has 3 heterocycles. The molecule has 4 rings (SSSR count). The first-order valence-electron chi connectivity index (χ1n) is 9.42. The largest absolute Gasteiger partial charge is 0.496 e. The molecule has 2 N–H and O–H groups in total. The molecule has 4 aromatic rings. The Morgan fingerprint density at radius 2 is 2.07 bits per heavy atom. The number of H-pyrrole nitrogens is 1. The van der Waals surface area contributed by atoms with Gasteiger partial charge in [-0.25, -0.2) is 19.3 Å². The number of pyridine rings is 1. The average molecular weight is 427 g/mol. The molecule has 0 aliphatic carbocycles. The fourth-order valence-electron chi connectivity index (χ4n) is 3.55. The molecule has 0 aliphatic heterocycles. The highest BCUT2D eigenvalue weighted by Crippen LogP contribution is 2.43. The minimum atomic E-state index is -0.428. The van der Waals surface area contributed by atoms with E-state index in [0.29, 0.717) is 45.3 Å². The average Bonchev–Trinajstić information content (AvgIpc) is 3.23. The Labute approximate surface area is 177 Å². The number of benzene rings is 1. The first-order valence-corrected chi connectivity index (χ1v) is 9.79. The van der Waals surface area contributed by atoms with E-state index in [4.69, 9.17) is 16.3 Å². The second-order valence-corrected chi connectivity index (χ2v) is 7.21. The summed E-state index contributed by atoms with van der Waals surface area (Å²) in [6.45, 7) is 3.91. The summed E-state index contributed by atoms with van der Waals surface area (Å²) >= 11 is 6.58. The van der Waals surface area contributed by atoms with E-state index in [2.05, 4.69) is 30.2 Å². The number of anilines is 1. The minimum absolute atomic E-state index is 0.187. The van der Waals surface area contributed by atoms with Crippen molar-refractivity contribution in [1.29, 1.82) is 0 Å². The predicted molar refractivity (Wildman–Crippen MR) is 114 cm³/mol. The van der Waals surface area contributed by atoms with Crippen LogP contribution < -0.4 is 10.1 Å². The molecule has 1 unspecified atom stereocenters. The Bertz CT molecular complexity index is 1210. The number of nitrogens with zero attached hydrogens (tertiary/aromatic N) is 4. The van der Waals surface area contributed by atoms with Gasteiger partial charge >= 0.3 is 0 Å². The van der Waals surface area contributed by atoms with E-state index < -0.39 is 5.82 Å². The molecule has 1 aromatic carbocycles. The van der Waals surface area contributed by atoms with E-state index in [0.717, 1.165) is 17.3 Å². The smallest absolute Gasteiger partial charge is 0.162 e. The summed E-state index contributed by atoms with van der Waals surface area (Å²) < 4.78 is 19.7. The minimum Gasteiger partial charge on any atom is -0.496 e. The van der Waals surface area contributed by atoms with Gasteiger partial charge in [-0.2, -0.15) is 0 Å². The summed E-state index contributed by atoms with van der Waals surface area (Å²) in [6, 6.07) is 3.10. The summed E-state index contributed by atoms with van der Waals surface area (Å²) in [7, 11) is 1.59. The number of nitrogens with one attached hydrogen (secondary N) is 2. The number of aromatic amines is 1. The summed E-state index contributed by atoms with van der Waals surface area (Å²) in [5.74, 6) is 0.777. The van der Waals surface area contributed by atoms with Gasteiger partial charge < -0.3 is 15.0 Å². The standard InChI is InChI=1S/C21H20ClFN6O/c1-4-16(29-21-18-20(26-9-25-18)27-10-28-21)14-6-15(22)11(2)17(19(14)30-3)12-5-13(23)8-24-7-12/h5-10,16H,4H2,1-3H3,(H2,25,26,27,28,29). The van der Waals surface area contributed by atoms with Crippen LogP contribution in [-0.2, 0) is 0 Å². The van der Waals surface area contributed by atoms with Gasteiger partial charge in [-0.3, -0.25) is 4.98 Å². The number of rotatable bonds is 6. The SMILES string of the molecule is CCC(Nc1ncnc2[nH]cnc12)c1cc(Cl)c(C)c(-c2cncc(F)c2)c1OC. The molecule has 0 fully saturated rings. The lowest BCUT2D eigenvalue weighted by molar-refractivity contribution is 0.408. The normalized spacial score (nSPS) is 12.2. The van der Waals surface area contributed by atoms with E-state index in [9.17, 15) is 4.39 Å². The van der Waals surface area contributed by atoms with Crippen molar-refractivity contribution >= 4 is 28.6 Å². The van der Waals surface area contributed by atoms with Crippen LogP contribution in [0.5, 0.6) is 5.75 Å². The molecule has 30 heavy (non-hydrogen) atoms. The molecule has 3 aromatic heterocycles. The Balaban J connectivity index is 1.85. The fourth-order valence-corrected chi connectivity index (χ4v) is 3.77. The zero-order valence-corrected chi connectivity index (χ0v) is 17.5. The number of hydrogen-bond donors (Lipinski definition) is 2. The van der Waals surface area contributed by atoms with Crippen LogP contribution in [-0.4, -0.2) is 32.0 Å². The van der Waals surface area contributed by atoms with Gasteiger partial charge in [0.15, 0.2) is 11.5 Å². The van der Waals surface area contributed by atoms with E-state index in [1.807, 2.05) is 19.9 Å². The van der Waals surface area contributed by atoms with Gasteiger partial charge in [0.05, 0.1) is 25.7 Å². The van der Waals surface area contributed by atoms with Crippen molar-refractivity contribution in [3.05, 3.63) is 59.1 Å². The van der Waals surface area contributed by atoms with Crippen LogP contribution in [0.4, 0.5) is 10.2 Å². The maximum Gasteiger partial charge on any atom is 0.162 e. The number of methoxy groups -OCH3 is 1. The topological polar surface area (TPSA) is 88.6 Å². The summed E-state index contributed by atoms with van der Waals surface area (Å²) in [5.41, 5.74) is 4.21. The molecule has 0 saturated carbocycles. The zero-order valence-electron chi connectivity index (χ0n) is 16.7. The highest BCUT2D eigenvalue weighted by molar-refractivity contribution is 6.32. The number of hydrogen-bond acceptors (Lipinski definition) is 6. The Hall–Kier alpha value is -3.26. The molecule has 0 aliphatic rings. The third-order valence-corrected chi connectivity index (χ3v) is 5.41. The van der Waals surface area contributed by atoms with E-state index in [1.165, 1.54) is 12.4 Å². The molecule has 7 nitrogen and oxygen atoms in total. The molecule has 1 atom stereocenters. The summed E-state index contributed by atoms with van der Waals surface area (Å²) in [5, 5.41) is 3.98. The second-order valence-electron chi connectivity index (χ2n) is 6.80. The monoisotopic (exact) mass is 426 g/mol. The highest BCUT2D eigenvalue weighted by atomic mass is 35.5. The molecular weight excluding hydrogens is 407 g/mol. The summed E-state index contributed by atoms with van der Waals surface area (Å²) in [4.78, 5) is 19.8. The van der Waals surface area contributed by atoms with Crippen LogP contribution in [0.1, 0.15) is 30.5 Å². The lowest BCUT2D eigenvalue weighted by Gasteiger charge is -2.24. The highest BCUT2D eigenvalue weighted by Gasteiger charge is 2.24. The lowest BCUT2D eigenvalue weighted by Crippen LogP contribution is -2.13. The van der Waals surface area contributed by atoms with Crippen molar-refractivity contribution in [2.45, 2.75) is 26.3 Å². The van der Waals surface area contributed by atoms with Crippen molar-refractivity contribution in [1.82, 2.24) is 24.9 Å². The Morgan fingerprint density at radius 1 is 1.23 bits per heavy atom. The molecule has 0 spiro atoms. The van der Waals surface area contributed by atoms with Crippen molar-refractivity contribution in [3.8, 4) is 16.9 Å². The van der Waals surface area contributed by atoms with Crippen LogP contribution in [0, 0.1) is 12.7 Å². The van der Waals surface area contributed by atoms with Gasteiger partial charge in [-0.15, -0.1) is 0 Å². The summed E-state index contributed by atoms with van der Waals surface area (Å²) in [6.07, 6.45) is 6.52. The fraction of sp³-hybridized carbons (Fsp3) is 0.238.